The van der Waals surface area contributed by atoms with Gasteiger partial charge in [-0.3, -0.25) is 4.98 Å². The van der Waals surface area contributed by atoms with Crippen molar-refractivity contribution < 1.29 is 0 Å². The lowest BCUT2D eigenvalue weighted by Gasteiger charge is -2.35. The van der Waals surface area contributed by atoms with Gasteiger partial charge in [0.2, 0.25) is 0 Å². The molecule has 0 spiro atoms. The van der Waals surface area contributed by atoms with Crippen LogP contribution in [0.5, 0.6) is 0 Å². The van der Waals surface area contributed by atoms with Crippen LogP contribution in [0.3, 0.4) is 0 Å². The third-order valence-corrected chi connectivity index (χ3v) is 3.30. The Morgan fingerprint density at radius 3 is 2.53 bits per heavy atom. The van der Waals surface area contributed by atoms with Gasteiger partial charge in [-0.2, -0.15) is 0 Å². The Hall–Kier alpha value is -0.810. The maximum absolute atomic E-state index is 5.94. The topological polar surface area (TPSA) is 45.4 Å². The van der Waals surface area contributed by atoms with E-state index in [2.05, 4.69) is 37.8 Å². The number of nitrogen functional groups attached to an aromatic ring is 1. The van der Waals surface area contributed by atoms with Crippen LogP contribution in [0.4, 0.5) is 11.4 Å². The average molecular weight is 271 g/mol. The molecule has 1 aliphatic heterocycles. The van der Waals surface area contributed by atoms with Crippen molar-refractivity contribution >= 4 is 27.3 Å². The van der Waals surface area contributed by atoms with E-state index in [1.807, 2.05) is 0 Å². The van der Waals surface area contributed by atoms with Gasteiger partial charge in [0.1, 0.15) is 0 Å². The van der Waals surface area contributed by atoms with Crippen LogP contribution in [0.2, 0.25) is 0 Å². The lowest BCUT2D eigenvalue weighted by Crippen LogP contribution is -2.44. The second-order valence-corrected chi connectivity index (χ2v) is 4.70. The van der Waals surface area contributed by atoms with E-state index in [-0.39, 0.29) is 0 Å². The number of hydrogen-bond acceptors (Lipinski definition) is 4. The molecule has 0 atom stereocenters. The van der Waals surface area contributed by atoms with Crippen LogP contribution >= 0.6 is 15.9 Å². The largest absolute Gasteiger partial charge is 0.396 e. The first-order valence-electron chi connectivity index (χ1n) is 5.01. The van der Waals surface area contributed by atoms with Gasteiger partial charge in [-0.25, -0.2) is 0 Å². The number of hydrogen-bond donors (Lipinski definition) is 1. The number of anilines is 2. The van der Waals surface area contributed by atoms with E-state index in [4.69, 9.17) is 5.73 Å². The molecule has 0 saturated carbocycles. The third-order valence-electron chi connectivity index (χ3n) is 2.72. The second-order valence-electron chi connectivity index (χ2n) is 3.85. The van der Waals surface area contributed by atoms with Crippen LogP contribution in [0.15, 0.2) is 16.9 Å². The minimum Gasteiger partial charge on any atom is -0.396 e. The monoisotopic (exact) mass is 270 g/mol. The van der Waals surface area contributed by atoms with Gasteiger partial charge < -0.3 is 15.5 Å². The number of likely N-dealkylation sites (N-methyl/N-ethyl adjacent to an activating group) is 1. The summed E-state index contributed by atoms with van der Waals surface area (Å²) in [5, 5.41) is 0. The summed E-state index contributed by atoms with van der Waals surface area (Å²) in [5.74, 6) is 0. The molecule has 0 amide bonds. The number of aromatic nitrogens is 1. The molecule has 5 heteroatoms. The summed E-state index contributed by atoms with van der Waals surface area (Å²) in [6.45, 7) is 4.19. The number of nitrogens with two attached hydrogens (primary N) is 1. The van der Waals surface area contributed by atoms with Gasteiger partial charge in [-0.05, 0) is 23.0 Å². The van der Waals surface area contributed by atoms with Crippen molar-refractivity contribution in [1.29, 1.82) is 0 Å². The molecule has 1 fully saturated rings. The van der Waals surface area contributed by atoms with Crippen molar-refractivity contribution in [3.8, 4) is 0 Å². The Bertz CT molecular complexity index is 327. The standard InChI is InChI=1S/C10H15BrN4/c1-14-2-4-15(5-3-14)10-8(11)6-13-7-9(10)12/h6-7H,2-5,12H2,1H3. The molecular weight excluding hydrogens is 256 g/mol. The van der Waals surface area contributed by atoms with Crippen LogP contribution in [0.25, 0.3) is 0 Å². The minimum atomic E-state index is 0.744. The molecule has 0 aromatic carbocycles. The summed E-state index contributed by atoms with van der Waals surface area (Å²) < 4.78 is 0.979. The number of rotatable bonds is 1. The zero-order valence-electron chi connectivity index (χ0n) is 8.78. The Kier molecular flexibility index (Phi) is 3.11. The van der Waals surface area contributed by atoms with Gasteiger partial charge >= 0.3 is 0 Å². The highest BCUT2D eigenvalue weighted by atomic mass is 79.9. The summed E-state index contributed by atoms with van der Waals surface area (Å²) in [4.78, 5) is 8.67. The first-order chi connectivity index (χ1) is 7.18. The number of piperazine rings is 1. The molecule has 2 N–H and O–H groups in total. The number of halogens is 1. The van der Waals surface area contributed by atoms with Gasteiger partial charge in [0, 0.05) is 32.4 Å². The quantitative estimate of drug-likeness (QED) is 0.833. The van der Waals surface area contributed by atoms with E-state index >= 15 is 0 Å². The van der Waals surface area contributed by atoms with Gasteiger partial charge in [0.25, 0.3) is 0 Å². The van der Waals surface area contributed by atoms with E-state index in [0.29, 0.717) is 0 Å². The van der Waals surface area contributed by atoms with Crippen molar-refractivity contribution in [1.82, 2.24) is 9.88 Å². The fraction of sp³-hybridized carbons (Fsp3) is 0.500. The second kappa shape index (κ2) is 4.37. The summed E-state index contributed by atoms with van der Waals surface area (Å²) in [7, 11) is 2.14. The first kappa shape index (κ1) is 10.7. The Labute approximate surface area is 98.2 Å². The summed E-state index contributed by atoms with van der Waals surface area (Å²) in [6.07, 6.45) is 3.50. The Balaban J connectivity index is 2.22. The molecule has 1 aliphatic rings. The van der Waals surface area contributed by atoms with Gasteiger partial charge in [-0.1, -0.05) is 0 Å². The smallest absolute Gasteiger partial charge is 0.0776 e. The molecule has 2 rings (SSSR count). The highest BCUT2D eigenvalue weighted by molar-refractivity contribution is 9.10. The zero-order valence-corrected chi connectivity index (χ0v) is 10.4. The van der Waals surface area contributed by atoms with Gasteiger partial charge in [-0.15, -0.1) is 0 Å². The van der Waals surface area contributed by atoms with Crippen molar-refractivity contribution in [2.75, 3.05) is 43.9 Å². The highest BCUT2D eigenvalue weighted by Gasteiger charge is 2.18. The van der Waals surface area contributed by atoms with Crippen molar-refractivity contribution in [2.45, 2.75) is 0 Å². The average Bonchev–Trinajstić information content (AvgIpc) is 2.20. The van der Waals surface area contributed by atoms with Crippen molar-refractivity contribution in [3.05, 3.63) is 16.9 Å². The fourth-order valence-electron chi connectivity index (χ4n) is 1.81. The highest BCUT2D eigenvalue weighted by Crippen LogP contribution is 2.31. The van der Waals surface area contributed by atoms with Crippen LogP contribution in [-0.2, 0) is 0 Å². The van der Waals surface area contributed by atoms with Crippen LogP contribution in [0.1, 0.15) is 0 Å². The van der Waals surface area contributed by atoms with Crippen LogP contribution in [0, 0.1) is 0 Å². The predicted octanol–water partition coefficient (Wildman–Crippen LogP) is 1.18. The molecule has 4 nitrogen and oxygen atoms in total. The lowest BCUT2D eigenvalue weighted by molar-refractivity contribution is 0.313. The summed E-state index contributed by atoms with van der Waals surface area (Å²) in [6, 6.07) is 0. The van der Waals surface area contributed by atoms with E-state index in [1.54, 1.807) is 12.4 Å². The van der Waals surface area contributed by atoms with Crippen molar-refractivity contribution in [3.63, 3.8) is 0 Å². The summed E-state index contributed by atoms with van der Waals surface area (Å²) in [5.41, 5.74) is 7.77. The van der Waals surface area contributed by atoms with E-state index in [1.165, 1.54) is 0 Å². The van der Waals surface area contributed by atoms with Crippen LogP contribution < -0.4 is 10.6 Å². The molecule has 1 saturated heterocycles. The SMILES string of the molecule is CN1CCN(c2c(N)cncc2Br)CC1. The van der Waals surface area contributed by atoms with Crippen LogP contribution in [-0.4, -0.2) is 43.1 Å². The molecule has 1 aromatic heterocycles. The molecule has 0 bridgehead atoms. The normalized spacial score (nSPS) is 18.1. The maximum Gasteiger partial charge on any atom is 0.0776 e. The van der Waals surface area contributed by atoms with E-state index < -0.39 is 0 Å². The molecule has 2 heterocycles. The molecule has 0 radical (unpaired) electrons. The molecule has 0 unspecified atom stereocenters. The molecular formula is C10H15BrN4. The zero-order chi connectivity index (χ0) is 10.8. The number of nitrogens with zero attached hydrogens (tertiary/aromatic N) is 3. The van der Waals surface area contributed by atoms with Gasteiger partial charge in [0.15, 0.2) is 0 Å². The number of pyridine rings is 1. The predicted molar refractivity (Wildman–Crippen MR) is 66.1 cm³/mol. The summed E-state index contributed by atoms with van der Waals surface area (Å²) >= 11 is 3.50. The third kappa shape index (κ3) is 2.23. The Morgan fingerprint density at radius 2 is 1.93 bits per heavy atom. The molecule has 82 valence electrons. The first-order valence-corrected chi connectivity index (χ1v) is 5.80. The van der Waals surface area contributed by atoms with E-state index in [9.17, 15) is 0 Å². The fourth-order valence-corrected chi connectivity index (χ4v) is 2.40. The maximum atomic E-state index is 5.94. The Morgan fingerprint density at radius 1 is 1.27 bits per heavy atom. The van der Waals surface area contributed by atoms with E-state index in [0.717, 1.165) is 42.0 Å². The molecule has 15 heavy (non-hydrogen) atoms. The minimum absolute atomic E-state index is 0.744. The lowest BCUT2D eigenvalue weighted by atomic mass is 10.2. The van der Waals surface area contributed by atoms with Crippen molar-refractivity contribution in [2.24, 2.45) is 0 Å². The molecule has 0 aliphatic carbocycles. The van der Waals surface area contributed by atoms with Gasteiger partial charge in [0.05, 0.1) is 22.0 Å². The molecule has 1 aromatic rings.